The number of aryl methyl sites for hydroxylation is 1. The predicted octanol–water partition coefficient (Wildman–Crippen LogP) is 3.17. The summed E-state index contributed by atoms with van der Waals surface area (Å²) in [5, 5.41) is 1.82. The van der Waals surface area contributed by atoms with Gasteiger partial charge in [0.05, 0.1) is 0 Å². The number of rotatable bonds is 4. The van der Waals surface area contributed by atoms with Gasteiger partial charge in [-0.1, -0.05) is 6.07 Å². The van der Waals surface area contributed by atoms with Gasteiger partial charge < -0.3 is 9.30 Å². The molecule has 1 unspecified atom stereocenters. The molecule has 0 saturated carbocycles. The van der Waals surface area contributed by atoms with Crippen LogP contribution in [0, 0.1) is 6.92 Å². The van der Waals surface area contributed by atoms with E-state index in [0.29, 0.717) is 23.2 Å². The molecule has 0 N–H and O–H groups in total. The third kappa shape index (κ3) is 3.35. The van der Waals surface area contributed by atoms with Crippen LogP contribution in [0.1, 0.15) is 49.2 Å². The highest BCUT2D eigenvalue weighted by Crippen LogP contribution is 2.34. The number of nitrogens with zero attached hydrogens (tertiary/aromatic N) is 3. The van der Waals surface area contributed by atoms with Crippen molar-refractivity contribution in [2.75, 3.05) is 26.3 Å². The first-order valence-electron chi connectivity index (χ1n) is 9.22. The molecule has 2 aliphatic heterocycles. The molecule has 0 radical (unpaired) electrons. The van der Waals surface area contributed by atoms with E-state index < -0.39 is 10.0 Å². The van der Waals surface area contributed by atoms with Crippen molar-refractivity contribution in [3.63, 3.8) is 0 Å². The minimum absolute atomic E-state index is 0.152. The zero-order chi connectivity index (χ0) is 18.1. The first kappa shape index (κ1) is 18.2. The van der Waals surface area contributed by atoms with Gasteiger partial charge >= 0.3 is 0 Å². The summed E-state index contributed by atoms with van der Waals surface area (Å²) in [5.41, 5.74) is 1.12. The van der Waals surface area contributed by atoms with E-state index in [9.17, 15) is 8.42 Å². The molecule has 1 atom stereocenters. The number of hydrogen-bond donors (Lipinski definition) is 0. The van der Waals surface area contributed by atoms with E-state index in [0.717, 1.165) is 50.4 Å². The van der Waals surface area contributed by atoms with Crippen LogP contribution in [0.25, 0.3) is 0 Å². The van der Waals surface area contributed by atoms with Crippen molar-refractivity contribution in [1.29, 1.82) is 0 Å². The summed E-state index contributed by atoms with van der Waals surface area (Å²) in [5.74, 6) is 1.51. The van der Waals surface area contributed by atoms with Gasteiger partial charge in [0.2, 0.25) is 0 Å². The highest BCUT2D eigenvalue weighted by Gasteiger charge is 2.34. The van der Waals surface area contributed by atoms with Gasteiger partial charge in [-0.2, -0.15) is 4.31 Å². The second-order valence-electron chi connectivity index (χ2n) is 7.11. The molecule has 0 bridgehead atoms. The Morgan fingerprint density at radius 1 is 1.27 bits per heavy atom. The lowest BCUT2D eigenvalue weighted by atomic mass is 9.98. The van der Waals surface area contributed by atoms with Crippen LogP contribution in [0.5, 0.6) is 0 Å². The summed E-state index contributed by atoms with van der Waals surface area (Å²) >= 11 is 1.29. The van der Waals surface area contributed by atoms with E-state index in [-0.39, 0.29) is 6.04 Å². The molecule has 4 heterocycles. The van der Waals surface area contributed by atoms with Crippen LogP contribution < -0.4 is 0 Å². The van der Waals surface area contributed by atoms with Gasteiger partial charge in [0.15, 0.2) is 0 Å². The summed E-state index contributed by atoms with van der Waals surface area (Å²) in [6.07, 6.45) is 5.77. The number of piperidine rings is 1. The van der Waals surface area contributed by atoms with Crippen LogP contribution in [0.15, 0.2) is 27.9 Å². The van der Waals surface area contributed by atoms with Gasteiger partial charge in [0.25, 0.3) is 10.0 Å². The van der Waals surface area contributed by atoms with E-state index in [1.807, 2.05) is 11.6 Å². The van der Waals surface area contributed by atoms with Gasteiger partial charge in [-0.05, 0) is 44.1 Å². The van der Waals surface area contributed by atoms with Gasteiger partial charge in [-0.3, -0.25) is 0 Å². The second kappa shape index (κ2) is 7.42. The van der Waals surface area contributed by atoms with Crippen molar-refractivity contribution in [3.05, 3.63) is 35.2 Å². The van der Waals surface area contributed by atoms with Crippen molar-refractivity contribution in [3.8, 4) is 0 Å². The van der Waals surface area contributed by atoms with Gasteiger partial charge in [-0.25, -0.2) is 13.4 Å². The number of thiophene rings is 1. The zero-order valence-corrected chi connectivity index (χ0v) is 16.6. The maximum Gasteiger partial charge on any atom is 0.252 e. The molecular weight excluding hydrogens is 370 g/mol. The fraction of sp³-hybridized carbons (Fsp3) is 0.611. The van der Waals surface area contributed by atoms with Gasteiger partial charge in [0.1, 0.15) is 10.0 Å². The topological polar surface area (TPSA) is 64.4 Å². The maximum absolute atomic E-state index is 12.9. The number of aromatic nitrogens is 2. The average molecular weight is 396 g/mol. The fourth-order valence-corrected chi connectivity index (χ4v) is 6.75. The van der Waals surface area contributed by atoms with Crippen molar-refractivity contribution in [2.45, 2.75) is 48.8 Å². The fourth-order valence-electron chi connectivity index (χ4n) is 4.09. The lowest BCUT2D eigenvalue weighted by molar-refractivity contribution is 0.0819. The van der Waals surface area contributed by atoms with Crippen LogP contribution in [0.3, 0.4) is 0 Å². The highest BCUT2D eigenvalue weighted by molar-refractivity contribution is 7.91. The Morgan fingerprint density at radius 3 is 2.81 bits per heavy atom. The minimum Gasteiger partial charge on any atom is -0.381 e. The number of imidazole rings is 1. The Balaban J connectivity index is 1.60. The molecule has 2 saturated heterocycles. The van der Waals surface area contributed by atoms with E-state index in [4.69, 9.17) is 9.72 Å². The van der Waals surface area contributed by atoms with Gasteiger partial charge in [-0.15, -0.1) is 11.3 Å². The van der Waals surface area contributed by atoms with Crippen molar-refractivity contribution >= 4 is 21.4 Å². The summed E-state index contributed by atoms with van der Waals surface area (Å²) in [7, 11) is -3.40. The van der Waals surface area contributed by atoms with Crippen LogP contribution in [-0.2, 0) is 14.8 Å². The average Bonchev–Trinajstić information content (AvgIpc) is 3.33. The molecule has 8 heteroatoms. The number of sulfonamides is 1. The van der Waals surface area contributed by atoms with Crippen molar-refractivity contribution in [2.24, 2.45) is 0 Å². The van der Waals surface area contributed by atoms with E-state index in [2.05, 4.69) is 11.5 Å². The van der Waals surface area contributed by atoms with Gasteiger partial charge in [0, 0.05) is 50.2 Å². The van der Waals surface area contributed by atoms with E-state index >= 15 is 0 Å². The molecule has 0 spiro atoms. The molecular formula is C18H25N3O3S2. The molecule has 26 heavy (non-hydrogen) atoms. The Kier molecular flexibility index (Phi) is 5.18. The minimum atomic E-state index is -3.40. The maximum atomic E-state index is 12.9. The molecule has 4 rings (SSSR count). The molecule has 2 aromatic rings. The molecule has 0 amide bonds. The molecule has 2 fully saturated rings. The molecule has 6 nitrogen and oxygen atoms in total. The molecule has 142 valence electrons. The third-order valence-electron chi connectivity index (χ3n) is 5.41. The quantitative estimate of drug-likeness (QED) is 0.798. The number of hydrogen-bond acceptors (Lipinski definition) is 5. The monoisotopic (exact) mass is 395 g/mol. The molecule has 2 aromatic heterocycles. The van der Waals surface area contributed by atoms with Crippen LogP contribution >= 0.6 is 11.3 Å². The van der Waals surface area contributed by atoms with Crippen LogP contribution in [0.4, 0.5) is 0 Å². The smallest absolute Gasteiger partial charge is 0.252 e. The Morgan fingerprint density at radius 2 is 2.08 bits per heavy atom. The summed E-state index contributed by atoms with van der Waals surface area (Å²) in [6, 6.07) is 3.64. The van der Waals surface area contributed by atoms with E-state index in [1.54, 1.807) is 16.4 Å². The van der Waals surface area contributed by atoms with E-state index in [1.165, 1.54) is 11.3 Å². The second-order valence-corrected chi connectivity index (χ2v) is 10.2. The molecule has 0 aromatic carbocycles. The lowest BCUT2D eigenvalue weighted by Crippen LogP contribution is -2.41. The Labute approximate surface area is 158 Å². The summed E-state index contributed by atoms with van der Waals surface area (Å²) in [4.78, 5) is 4.69. The molecule has 2 aliphatic rings. The van der Waals surface area contributed by atoms with Crippen molar-refractivity contribution < 1.29 is 13.2 Å². The normalized spacial score (nSPS) is 23.3. The van der Waals surface area contributed by atoms with Crippen LogP contribution in [0.2, 0.25) is 0 Å². The standard InChI is InChI=1S/C18H25N3O3S2/c1-14-12-19-18(15-6-9-24-10-7-15)21(14)16-4-2-8-20(13-16)26(22,23)17-5-3-11-25-17/h3,5,11-12,15-16H,2,4,6-10,13H2,1H3. The SMILES string of the molecule is Cc1cnc(C2CCOCC2)n1C1CCCN(S(=O)(=O)c2cccs2)C1. The lowest BCUT2D eigenvalue weighted by Gasteiger charge is -2.35. The third-order valence-corrected chi connectivity index (χ3v) is 8.65. The van der Waals surface area contributed by atoms with Crippen LogP contribution in [-0.4, -0.2) is 48.6 Å². The molecule has 0 aliphatic carbocycles. The first-order valence-corrected chi connectivity index (χ1v) is 11.5. The Bertz CT molecular complexity index is 839. The Hall–Kier alpha value is -1.22. The largest absolute Gasteiger partial charge is 0.381 e. The summed E-state index contributed by atoms with van der Waals surface area (Å²) < 4.78 is 35.7. The first-order chi connectivity index (χ1) is 12.6. The van der Waals surface area contributed by atoms with Crippen molar-refractivity contribution in [1.82, 2.24) is 13.9 Å². The highest BCUT2D eigenvalue weighted by atomic mass is 32.2. The predicted molar refractivity (Wildman–Crippen MR) is 101 cm³/mol. The number of ether oxygens (including phenoxy) is 1. The zero-order valence-electron chi connectivity index (χ0n) is 15.0. The summed E-state index contributed by atoms with van der Waals surface area (Å²) in [6.45, 7) is 4.74.